The van der Waals surface area contributed by atoms with Crippen LogP contribution in [0.5, 0.6) is 0 Å². The highest BCUT2D eigenvalue weighted by Gasteiger charge is 2.01. The van der Waals surface area contributed by atoms with Crippen LogP contribution in [0.15, 0.2) is 29.3 Å². The summed E-state index contributed by atoms with van der Waals surface area (Å²) in [4.78, 5) is 4.13. The van der Waals surface area contributed by atoms with Crippen molar-refractivity contribution in [1.29, 1.82) is 0 Å². The van der Waals surface area contributed by atoms with Gasteiger partial charge < -0.3 is 0 Å². The van der Waals surface area contributed by atoms with E-state index in [0.717, 1.165) is 16.4 Å². The monoisotopic (exact) mass is 197 g/mol. The first-order valence-electron chi connectivity index (χ1n) is 4.13. The second-order valence-electron chi connectivity index (χ2n) is 2.47. The van der Waals surface area contributed by atoms with Crippen LogP contribution in [0.3, 0.4) is 0 Å². The van der Waals surface area contributed by atoms with Crippen LogP contribution in [-0.2, 0) is 0 Å². The first-order chi connectivity index (χ1) is 6.27. The van der Waals surface area contributed by atoms with Gasteiger partial charge in [-0.1, -0.05) is 6.92 Å². The van der Waals surface area contributed by atoms with E-state index < -0.39 is 0 Å². The molecule has 0 saturated carbocycles. The molecule has 0 aliphatic carbocycles. The molecule has 0 heterocycles. The minimum absolute atomic E-state index is 0.208. The average molecular weight is 197 g/mol. The van der Waals surface area contributed by atoms with Crippen molar-refractivity contribution in [2.75, 3.05) is 12.8 Å². The lowest BCUT2D eigenvalue weighted by Gasteiger charge is -2.02. The van der Waals surface area contributed by atoms with Crippen LogP contribution in [0.2, 0.25) is 0 Å². The van der Waals surface area contributed by atoms with E-state index in [9.17, 15) is 4.39 Å². The van der Waals surface area contributed by atoms with Gasteiger partial charge in [0.25, 0.3) is 0 Å². The summed E-state index contributed by atoms with van der Waals surface area (Å²) in [5.74, 6) is 0.769. The fraction of sp³-hybridized carbons (Fsp3) is 0.300. The summed E-state index contributed by atoms with van der Waals surface area (Å²) in [6, 6.07) is 6.41. The quantitative estimate of drug-likeness (QED) is 0.524. The minimum atomic E-state index is -0.208. The SMILES string of the molecule is CCS/C(=N\C)c1ccc(F)cc1. The first kappa shape index (κ1) is 10.3. The lowest BCUT2D eigenvalue weighted by Crippen LogP contribution is -1.95. The van der Waals surface area contributed by atoms with Gasteiger partial charge in [-0.25, -0.2) is 4.39 Å². The number of hydrogen-bond acceptors (Lipinski definition) is 2. The fourth-order valence-electron chi connectivity index (χ4n) is 1.01. The lowest BCUT2D eigenvalue weighted by atomic mass is 10.2. The highest BCUT2D eigenvalue weighted by atomic mass is 32.2. The number of halogens is 1. The molecular weight excluding hydrogens is 185 g/mol. The van der Waals surface area contributed by atoms with Gasteiger partial charge in [-0.05, 0) is 30.0 Å². The molecule has 0 saturated heterocycles. The highest BCUT2D eigenvalue weighted by molar-refractivity contribution is 8.14. The molecule has 0 aliphatic heterocycles. The van der Waals surface area contributed by atoms with Crippen molar-refractivity contribution in [3.8, 4) is 0 Å². The van der Waals surface area contributed by atoms with Gasteiger partial charge in [-0.3, -0.25) is 4.99 Å². The van der Waals surface area contributed by atoms with Gasteiger partial charge in [0, 0.05) is 12.6 Å². The molecule has 0 aromatic heterocycles. The molecule has 0 unspecified atom stereocenters. The van der Waals surface area contributed by atoms with Crippen molar-refractivity contribution in [1.82, 2.24) is 0 Å². The van der Waals surface area contributed by atoms with Crippen molar-refractivity contribution in [2.24, 2.45) is 4.99 Å². The van der Waals surface area contributed by atoms with E-state index in [1.54, 1.807) is 30.9 Å². The molecule has 0 bridgehead atoms. The smallest absolute Gasteiger partial charge is 0.123 e. The number of nitrogens with zero attached hydrogens (tertiary/aromatic N) is 1. The first-order valence-corrected chi connectivity index (χ1v) is 5.12. The molecule has 0 spiro atoms. The molecule has 0 aliphatic rings. The summed E-state index contributed by atoms with van der Waals surface area (Å²) in [6.45, 7) is 2.07. The van der Waals surface area contributed by atoms with Gasteiger partial charge in [0.2, 0.25) is 0 Å². The molecular formula is C10H12FNS. The Bertz CT molecular complexity index is 292. The Balaban J connectivity index is 2.87. The van der Waals surface area contributed by atoms with Crippen LogP contribution in [0.1, 0.15) is 12.5 Å². The van der Waals surface area contributed by atoms with Crippen LogP contribution < -0.4 is 0 Å². The maximum Gasteiger partial charge on any atom is 0.123 e. The van der Waals surface area contributed by atoms with E-state index in [4.69, 9.17) is 0 Å². The number of aliphatic imine (C=N–C) groups is 1. The third-order valence-corrected chi connectivity index (χ3v) is 2.56. The molecule has 0 radical (unpaired) electrons. The summed E-state index contributed by atoms with van der Waals surface area (Å²) in [6.07, 6.45) is 0. The third kappa shape index (κ3) is 2.84. The molecule has 13 heavy (non-hydrogen) atoms. The van der Waals surface area contributed by atoms with Gasteiger partial charge in [-0.15, -0.1) is 11.8 Å². The van der Waals surface area contributed by atoms with E-state index in [1.165, 1.54) is 12.1 Å². The van der Waals surface area contributed by atoms with E-state index in [0.29, 0.717) is 0 Å². The summed E-state index contributed by atoms with van der Waals surface area (Å²) in [7, 11) is 1.75. The second-order valence-corrected chi connectivity index (χ2v) is 3.72. The Labute approximate surface area is 82.1 Å². The number of hydrogen-bond donors (Lipinski definition) is 0. The zero-order valence-electron chi connectivity index (χ0n) is 7.75. The van der Waals surface area contributed by atoms with Crippen molar-refractivity contribution < 1.29 is 4.39 Å². The summed E-state index contributed by atoms with van der Waals surface area (Å²) >= 11 is 1.66. The van der Waals surface area contributed by atoms with Crippen LogP contribution in [0.4, 0.5) is 4.39 Å². The standard InChI is InChI=1S/C10H12FNS/c1-3-13-10(12-2)8-4-6-9(11)7-5-8/h4-7H,3H2,1-2H3/b12-10-. The zero-order chi connectivity index (χ0) is 9.68. The number of rotatable bonds is 2. The van der Waals surface area contributed by atoms with Gasteiger partial charge in [0.05, 0.1) is 5.04 Å². The van der Waals surface area contributed by atoms with E-state index in [2.05, 4.69) is 11.9 Å². The molecule has 1 rings (SSSR count). The average Bonchev–Trinajstić information content (AvgIpc) is 2.16. The largest absolute Gasteiger partial charge is 0.281 e. The second kappa shape index (κ2) is 5.02. The van der Waals surface area contributed by atoms with E-state index >= 15 is 0 Å². The molecule has 0 N–H and O–H groups in total. The molecule has 0 amide bonds. The van der Waals surface area contributed by atoms with Gasteiger partial charge in [0.1, 0.15) is 5.82 Å². The normalized spacial score (nSPS) is 11.8. The van der Waals surface area contributed by atoms with Gasteiger partial charge in [0.15, 0.2) is 0 Å². The van der Waals surface area contributed by atoms with Gasteiger partial charge >= 0.3 is 0 Å². The summed E-state index contributed by atoms with van der Waals surface area (Å²) in [5.41, 5.74) is 0.982. The fourth-order valence-corrected chi connectivity index (χ4v) is 1.71. The van der Waals surface area contributed by atoms with Crippen LogP contribution in [0.25, 0.3) is 0 Å². The van der Waals surface area contributed by atoms with Crippen LogP contribution in [0, 0.1) is 5.82 Å². The Morgan fingerprint density at radius 1 is 1.38 bits per heavy atom. The molecule has 1 aromatic rings. The predicted molar refractivity (Wildman–Crippen MR) is 57.0 cm³/mol. The van der Waals surface area contributed by atoms with Crippen molar-refractivity contribution in [2.45, 2.75) is 6.92 Å². The Hall–Kier alpha value is -0.830. The highest BCUT2D eigenvalue weighted by Crippen LogP contribution is 2.13. The Morgan fingerprint density at radius 2 is 2.00 bits per heavy atom. The third-order valence-electron chi connectivity index (χ3n) is 1.58. The van der Waals surface area contributed by atoms with Gasteiger partial charge in [-0.2, -0.15) is 0 Å². The molecule has 1 nitrogen and oxygen atoms in total. The summed E-state index contributed by atoms with van der Waals surface area (Å²) in [5, 5.41) is 0.961. The predicted octanol–water partition coefficient (Wildman–Crippen LogP) is 2.96. The van der Waals surface area contributed by atoms with Crippen molar-refractivity contribution in [3.63, 3.8) is 0 Å². The molecule has 0 atom stereocenters. The number of thioether (sulfide) groups is 1. The van der Waals surface area contributed by atoms with E-state index in [1.807, 2.05) is 0 Å². The Kier molecular flexibility index (Phi) is 3.96. The number of benzene rings is 1. The molecule has 3 heteroatoms. The Morgan fingerprint density at radius 3 is 2.46 bits per heavy atom. The lowest BCUT2D eigenvalue weighted by molar-refractivity contribution is 0.628. The van der Waals surface area contributed by atoms with E-state index in [-0.39, 0.29) is 5.82 Å². The maximum atomic E-state index is 12.6. The zero-order valence-corrected chi connectivity index (χ0v) is 8.57. The van der Waals surface area contributed by atoms with Crippen LogP contribution in [-0.4, -0.2) is 17.8 Å². The maximum absolute atomic E-state index is 12.6. The molecule has 0 fully saturated rings. The molecule has 70 valence electrons. The summed E-state index contributed by atoms with van der Waals surface area (Å²) < 4.78 is 12.6. The van der Waals surface area contributed by atoms with Crippen molar-refractivity contribution in [3.05, 3.63) is 35.6 Å². The minimum Gasteiger partial charge on any atom is -0.281 e. The molecule has 1 aromatic carbocycles. The van der Waals surface area contributed by atoms with Crippen molar-refractivity contribution >= 4 is 16.8 Å². The van der Waals surface area contributed by atoms with Crippen LogP contribution >= 0.6 is 11.8 Å². The topological polar surface area (TPSA) is 12.4 Å².